The zero-order valence-electron chi connectivity index (χ0n) is 8.08. The summed E-state index contributed by atoms with van der Waals surface area (Å²) in [5.74, 6) is -0.442. The molecule has 2 rings (SSSR count). The number of rotatable bonds is 3. The highest BCUT2D eigenvalue weighted by molar-refractivity contribution is 7.09. The monoisotopic (exact) mass is 259 g/mol. The second kappa shape index (κ2) is 4.18. The number of carbonyl (C=O) groups is 2. The highest BCUT2D eigenvalue weighted by Crippen LogP contribution is 2.33. The Morgan fingerprint density at radius 1 is 1.69 bits per heavy atom. The topological polar surface area (TPSA) is 72.4 Å². The first-order chi connectivity index (χ1) is 7.66. The van der Waals surface area contributed by atoms with E-state index in [0.29, 0.717) is 10.7 Å². The van der Waals surface area contributed by atoms with Crippen molar-refractivity contribution in [3.05, 3.63) is 16.9 Å². The van der Waals surface area contributed by atoms with Crippen LogP contribution in [0.2, 0.25) is 0 Å². The smallest absolute Gasteiger partial charge is 0.295 e. The molecular formula is C8H6ClN3O3S. The maximum Gasteiger partial charge on any atom is 0.295 e. The average Bonchev–Trinajstić information content (AvgIpc) is 2.85. The summed E-state index contributed by atoms with van der Waals surface area (Å²) < 4.78 is 8.59. The van der Waals surface area contributed by atoms with Crippen LogP contribution in [0.25, 0.3) is 0 Å². The number of hydrogen-bond acceptors (Lipinski definition) is 6. The van der Waals surface area contributed by atoms with Crippen molar-refractivity contribution in [1.29, 1.82) is 0 Å². The Labute approximate surface area is 99.6 Å². The lowest BCUT2D eigenvalue weighted by Crippen LogP contribution is -2.37. The molecule has 0 radical (unpaired) electrons. The van der Waals surface area contributed by atoms with E-state index in [-0.39, 0.29) is 11.5 Å². The van der Waals surface area contributed by atoms with Crippen molar-refractivity contribution in [2.45, 2.75) is 13.2 Å². The number of carbonyl (C=O) groups excluding carboxylic acids is 2. The third-order valence-electron chi connectivity index (χ3n) is 2.10. The van der Waals surface area contributed by atoms with Crippen LogP contribution in [0.3, 0.4) is 0 Å². The van der Waals surface area contributed by atoms with Crippen molar-refractivity contribution in [3.63, 3.8) is 0 Å². The summed E-state index contributed by atoms with van der Waals surface area (Å²) in [6.07, 6.45) is 0.484. The highest BCUT2D eigenvalue weighted by Gasteiger charge is 2.40. The van der Waals surface area contributed by atoms with Gasteiger partial charge in [-0.3, -0.25) is 9.59 Å². The molecule has 1 aromatic heterocycles. The first-order valence-electron chi connectivity index (χ1n) is 4.22. The van der Waals surface area contributed by atoms with E-state index in [4.69, 9.17) is 16.3 Å². The van der Waals surface area contributed by atoms with E-state index in [1.807, 2.05) is 0 Å². The van der Waals surface area contributed by atoms with Crippen LogP contribution < -0.4 is 4.90 Å². The van der Waals surface area contributed by atoms with E-state index in [0.717, 1.165) is 11.5 Å². The van der Waals surface area contributed by atoms with Gasteiger partial charge in [-0.1, -0.05) is 11.6 Å². The normalized spacial score (nSPS) is 20.5. The van der Waals surface area contributed by atoms with Crippen molar-refractivity contribution in [2.24, 2.45) is 0 Å². The lowest BCUT2D eigenvalue weighted by molar-refractivity contribution is -0.132. The molecule has 0 bridgehead atoms. The SMILES string of the molecule is CC1=C(Cl)C(=O)N(c2ncns2)C1OC=O. The number of halogens is 1. The second-order valence-electron chi connectivity index (χ2n) is 2.98. The third-order valence-corrected chi connectivity index (χ3v) is 3.22. The fourth-order valence-corrected chi connectivity index (χ4v) is 2.09. The summed E-state index contributed by atoms with van der Waals surface area (Å²) in [6, 6.07) is 0. The van der Waals surface area contributed by atoms with E-state index >= 15 is 0 Å². The molecule has 8 heteroatoms. The van der Waals surface area contributed by atoms with Gasteiger partial charge in [0.2, 0.25) is 11.4 Å². The Balaban J connectivity index is 2.39. The van der Waals surface area contributed by atoms with Crippen molar-refractivity contribution in [2.75, 3.05) is 4.90 Å². The molecule has 0 spiro atoms. The van der Waals surface area contributed by atoms with Crippen LogP contribution >= 0.6 is 23.1 Å². The summed E-state index contributed by atoms with van der Waals surface area (Å²) in [6.45, 7) is 1.89. The van der Waals surface area contributed by atoms with Crippen molar-refractivity contribution in [1.82, 2.24) is 9.36 Å². The molecule has 1 amide bonds. The van der Waals surface area contributed by atoms with Crippen LogP contribution in [0, 0.1) is 0 Å². The van der Waals surface area contributed by atoms with E-state index < -0.39 is 12.1 Å². The summed E-state index contributed by atoms with van der Waals surface area (Å²) >= 11 is 6.82. The molecule has 0 aliphatic carbocycles. The minimum absolute atomic E-state index is 0.0436. The molecule has 0 aromatic carbocycles. The van der Waals surface area contributed by atoms with Crippen LogP contribution in [-0.2, 0) is 14.3 Å². The van der Waals surface area contributed by atoms with Gasteiger partial charge in [-0.2, -0.15) is 4.37 Å². The molecule has 1 atom stereocenters. The van der Waals surface area contributed by atoms with E-state index in [1.54, 1.807) is 6.92 Å². The molecule has 0 saturated carbocycles. The number of nitrogens with zero attached hydrogens (tertiary/aromatic N) is 3. The zero-order valence-corrected chi connectivity index (χ0v) is 9.66. The predicted octanol–water partition coefficient (Wildman–Crippen LogP) is 0.897. The molecule has 1 aliphatic heterocycles. The van der Waals surface area contributed by atoms with Crippen molar-refractivity contribution in [3.8, 4) is 0 Å². The maximum absolute atomic E-state index is 11.8. The predicted molar refractivity (Wildman–Crippen MR) is 56.9 cm³/mol. The molecule has 0 N–H and O–H groups in total. The van der Waals surface area contributed by atoms with E-state index in [2.05, 4.69) is 9.36 Å². The average molecular weight is 260 g/mol. The number of aromatic nitrogens is 2. The van der Waals surface area contributed by atoms with Crippen LogP contribution in [0.1, 0.15) is 6.92 Å². The quantitative estimate of drug-likeness (QED) is 0.754. The first-order valence-corrected chi connectivity index (χ1v) is 5.37. The minimum Gasteiger partial charge on any atom is -0.439 e. The fourth-order valence-electron chi connectivity index (χ4n) is 1.36. The Morgan fingerprint density at radius 3 is 3.00 bits per heavy atom. The molecule has 0 saturated heterocycles. The van der Waals surface area contributed by atoms with Gasteiger partial charge in [-0.25, -0.2) is 9.88 Å². The van der Waals surface area contributed by atoms with Crippen LogP contribution in [0.5, 0.6) is 0 Å². The van der Waals surface area contributed by atoms with Gasteiger partial charge in [-0.15, -0.1) is 0 Å². The summed E-state index contributed by atoms with van der Waals surface area (Å²) in [5, 5.41) is 0.383. The number of amides is 1. The fraction of sp³-hybridized carbons (Fsp3) is 0.250. The van der Waals surface area contributed by atoms with Crippen LogP contribution in [-0.4, -0.2) is 28.0 Å². The van der Waals surface area contributed by atoms with Gasteiger partial charge in [0.25, 0.3) is 12.4 Å². The van der Waals surface area contributed by atoms with Gasteiger partial charge < -0.3 is 4.74 Å². The van der Waals surface area contributed by atoms with Gasteiger partial charge in [-0.05, 0) is 6.92 Å². The van der Waals surface area contributed by atoms with Gasteiger partial charge in [0, 0.05) is 17.1 Å². The summed E-state index contributed by atoms with van der Waals surface area (Å²) in [7, 11) is 0. The van der Waals surface area contributed by atoms with E-state index in [1.165, 1.54) is 11.2 Å². The lowest BCUT2D eigenvalue weighted by atomic mass is 10.3. The number of anilines is 1. The van der Waals surface area contributed by atoms with Gasteiger partial charge in [0.05, 0.1) is 0 Å². The van der Waals surface area contributed by atoms with Gasteiger partial charge in [0.15, 0.2) is 0 Å². The Morgan fingerprint density at radius 2 is 2.44 bits per heavy atom. The van der Waals surface area contributed by atoms with Crippen molar-refractivity contribution < 1.29 is 14.3 Å². The third kappa shape index (κ3) is 1.57. The van der Waals surface area contributed by atoms with Crippen LogP contribution in [0.4, 0.5) is 5.13 Å². The Hall–Kier alpha value is -1.47. The Kier molecular flexibility index (Phi) is 2.88. The molecule has 1 unspecified atom stereocenters. The summed E-state index contributed by atoms with van der Waals surface area (Å²) in [4.78, 5) is 27.2. The Bertz CT molecular complexity index is 459. The minimum atomic E-state index is -0.828. The molecule has 6 nitrogen and oxygen atoms in total. The maximum atomic E-state index is 11.8. The zero-order chi connectivity index (χ0) is 11.7. The summed E-state index contributed by atoms with van der Waals surface area (Å²) in [5.41, 5.74) is 0.481. The van der Waals surface area contributed by atoms with Crippen LogP contribution in [0.15, 0.2) is 16.9 Å². The molecule has 0 fully saturated rings. The largest absolute Gasteiger partial charge is 0.439 e. The molecular weight excluding hydrogens is 254 g/mol. The number of hydrogen-bond donors (Lipinski definition) is 0. The molecule has 16 heavy (non-hydrogen) atoms. The van der Waals surface area contributed by atoms with Gasteiger partial charge >= 0.3 is 0 Å². The molecule has 1 aliphatic rings. The molecule has 2 heterocycles. The molecule has 84 valence electrons. The van der Waals surface area contributed by atoms with Gasteiger partial charge in [0.1, 0.15) is 11.4 Å². The first kappa shape index (κ1) is 11.0. The second-order valence-corrected chi connectivity index (χ2v) is 4.12. The van der Waals surface area contributed by atoms with E-state index in [9.17, 15) is 9.59 Å². The lowest BCUT2D eigenvalue weighted by Gasteiger charge is -2.20. The standard InChI is InChI=1S/C8H6ClN3O3S/c1-4-5(9)6(14)12(7(4)15-3-13)8-10-2-11-16-8/h2-3,7H,1H3. The number of ether oxygens (including phenoxy) is 1. The molecule has 1 aromatic rings. The van der Waals surface area contributed by atoms with Crippen molar-refractivity contribution >= 4 is 40.6 Å². The highest BCUT2D eigenvalue weighted by atomic mass is 35.5.